The van der Waals surface area contributed by atoms with Gasteiger partial charge in [-0.1, -0.05) is 12.7 Å². The molecule has 2 heteroatoms. The van der Waals surface area contributed by atoms with Gasteiger partial charge in [0.25, 0.3) is 0 Å². The van der Waals surface area contributed by atoms with Gasteiger partial charge in [-0.05, 0) is 26.6 Å². The van der Waals surface area contributed by atoms with E-state index < -0.39 is 0 Å². The van der Waals surface area contributed by atoms with Crippen LogP contribution < -0.4 is 5.32 Å². The summed E-state index contributed by atoms with van der Waals surface area (Å²) in [4.78, 5) is 3.75. The second-order valence-electron chi connectivity index (χ2n) is 2.24. The van der Waals surface area contributed by atoms with Crippen LogP contribution in [0.5, 0.6) is 0 Å². The fraction of sp³-hybridized carbons (Fsp3) is 0.375. The number of hydrogen-bond acceptors (Lipinski definition) is 2. The number of hydrogen-bond donors (Lipinski definition) is 1. The molecule has 0 aliphatic carbocycles. The Balaban J connectivity index is 0. The molecule has 2 nitrogen and oxygen atoms in total. The van der Waals surface area contributed by atoms with Crippen LogP contribution >= 0.6 is 0 Å². The molecule has 0 unspecified atom stereocenters. The summed E-state index contributed by atoms with van der Waals surface area (Å²) in [7, 11) is 0. The van der Waals surface area contributed by atoms with Gasteiger partial charge in [-0.3, -0.25) is 0 Å². The number of aliphatic imine (C=N–C) groups is 1. The Morgan fingerprint density at radius 2 is 2.30 bits per heavy atom. The highest BCUT2D eigenvalue weighted by Crippen LogP contribution is 1.92. The Labute approximate surface area is 63.8 Å². The van der Waals surface area contributed by atoms with Gasteiger partial charge in [0.1, 0.15) is 5.82 Å². The van der Waals surface area contributed by atoms with Crippen molar-refractivity contribution in [1.82, 2.24) is 5.32 Å². The number of rotatable bonds is 4. The smallest absolute Gasteiger partial charge is 0.125 e. The third-order valence-corrected chi connectivity index (χ3v) is 0.883. The zero-order valence-corrected chi connectivity index (χ0v) is 6.59. The molecule has 0 saturated heterocycles. The van der Waals surface area contributed by atoms with Crippen LogP contribution in [-0.4, -0.2) is 12.8 Å². The van der Waals surface area contributed by atoms with Crippen LogP contribution in [-0.2, 0) is 0 Å². The minimum Gasteiger partial charge on any atom is -0.368 e. The van der Waals surface area contributed by atoms with Gasteiger partial charge in [0, 0.05) is 7.47 Å². The van der Waals surface area contributed by atoms with E-state index in [1.165, 1.54) is 0 Å². The molecule has 0 amide bonds. The SMILES string of the molecule is C=C/C=C(\N=C)NC(C)C.[HH]. The van der Waals surface area contributed by atoms with E-state index in [1.54, 1.807) is 12.2 Å². The minimum atomic E-state index is 0. The standard InChI is InChI=1S/C8H14N2.H2/c1-5-6-8(9-4)10-7(2)3;/h5-7,10H,1,4H2,2-3H3;1H/b8-6+;. The summed E-state index contributed by atoms with van der Waals surface area (Å²) in [6, 6.07) is 0.386. The number of allylic oxidation sites excluding steroid dienone is 2. The second-order valence-corrected chi connectivity index (χ2v) is 2.24. The summed E-state index contributed by atoms with van der Waals surface area (Å²) in [6.07, 6.45) is 3.46. The molecule has 0 aliphatic heterocycles. The van der Waals surface area contributed by atoms with Crippen LogP contribution in [0.25, 0.3) is 0 Å². The maximum Gasteiger partial charge on any atom is 0.125 e. The van der Waals surface area contributed by atoms with Crippen LogP contribution in [0.15, 0.2) is 29.5 Å². The molecule has 0 atom stereocenters. The molecule has 10 heavy (non-hydrogen) atoms. The predicted octanol–water partition coefficient (Wildman–Crippen LogP) is 1.96. The van der Waals surface area contributed by atoms with E-state index in [1.807, 2.05) is 13.8 Å². The van der Waals surface area contributed by atoms with Crippen molar-refractivity contribution in [2.45, 2.75) is 19.9 Å². The molecule has 0 heterocycles. The van der Waals surface area contributed by atoms with Crippen molar-refractivity contribution >= 4 is 6.72 Å². The highest BCUT2D eigenvalue weighted by molar-refractivity contribution is 5.29. The van der Waals surface area contributed by atoms with Crippen molar-refractivity contribution in [3.8, 4) is 0 Å². The van der Waals surface area contributed by atoms with Gasteiger partial charge < -0.3 is 5.32 Å². The summed E-state index contributed by atoms with van der Waals surface area (Å²) >= 11 is 0. The summed E-state index contributed by atoms with van der Waals surface area (Å²) in [5.41, 5.74) is 0. The lowest BCUT2D eigenvalue weighted by Gasteiger charge is -2.07. The van der Waals surface area contributed by atoms with Crippen molar-refractivity contribution in [2.75, 3.05) is 0 Å². The first kappa shape index (κ1) is 8.95. The lowest BCUT2D eigenvalue weighted by molar-refractivity contribution is 0.665. The van der Waals surface area contributed by atoms with Gasteiger partial charge in [-0.2, -0.15) is 0 Å². The maximum atomic E-state index is 3.75. The molecule has 0 spiro atoms. The molecule has 1 N–H and O–H groups in total. The van der Waals surface area contributed by atoms with Crippen LogP contribution in [0.3, 0.4) is 0 Å². The van der Waals surface area contributed by atoms with Crippen LogP contribution in [0.1, 0.15) is 15.3 Å². The zero-order valence-electron chi connectivity index (χ0n) is 6.59. The van der Waals surface area contributed by atoms with Crippen molar-refractivity contribution in [1.29, 1.82) is 0 Å². The van der Waals surface area contributed by atoms with E-state index in [2.05, 4.69) is 23.6 Å². The molecule has 0 rings (SSSR count). The highest BCUT2D eigenvalue weighted by atomic mass is 15.0. The number of nitrogens with zero attached hydrogens (tertiary/aromatic N) is 1. The molecular weight excluding hydrogens is 124 g/mol. The van der Waals surface area contributed by atoms with Crippen molar-refractivity contribution in [2.24, 2.45) is 4.99 Å². The molecule has 0 aromatic heterocycles. The summed E-state index contributed by atoms with van der Waals surface area (Å²) in [5.74, 6) is 0.769. The third-order valence-electron chi connectivity index (χ3n) is 0.883. The summed E-state index contributed by atoms with van der Waals surface area (Å²) in [6.45, 7) is 11.0. The van der Waals surface area contributed by atoms with Crippen molar-refractivity contribution < 1.29 is 1.43 Å². The Morgan fingerprint density at radius 1 is 1.70 bits per heavy atom. The normalized spacial score (nSPS) is 11.3. The molecule has 0 radical (unpaired) electrons. The average Bonchev–Trinajstić information content (AvgIpc) is 1.86. The van der Waals surface area contributed by atoms with E-state index in [9.17, 15) is 0 Å². The quantitative estimate of drug-likeness (QED) is 0.468. The zero-order chi connectivity index (χ0) is 7.98. The van der Waals surface area contributed by atoms with Gasteiger partial charge in [-0.15, -0.1) is 0 Å². The van der Waals surface area contributed by atoms with Gasteiger partial charge >= 0.3 is 0 Å². The first-order valence-electron chi connectivity index (χ1n) is 3.26. The van der Waals surface area contributed by atoms with Crippen LogP contribution in [0.4, 0.5) is 0 Å². The number of nitrogens with one attached hydrogen (secondary N) is 1. The lowest BCUT2D eigenvalue weighted by atomic mass is 10.4. The molecule has 58 valence electrons. The van der Waals surface area contributed by atoms with Gasteiger partial charge in [0.05, 0.1) is 0 Å². The second kappa shape index (κ2) is 4.79. The van der Waals surface area contributed by atoms with Crippen LogP contribution in [0, 0.1) is 0 Å². The van der Waals surface area contributed by atoms with E-state index in [0.717, 1.165) is 5.82 Å². The van der Waals surface area contributed by atoms with E-state index in [4.69, 9.17) is 0 Å². The third kappa shape index (κ3) is 3.89. The lowest BCUT2D eigenvalue weighted by Crippen LogP contribution is -2.20. The van der Waals surface area contributed by atoms with Crippen LogP contribution in [0.2, 0.25) is 0 Å². The Kier molecular flexibility index (Phi) is 4.29. The van der Waals surface area contributed by atoms with E-state index in [-0.39, 0.29) is 1.43 Å². The predicted molar refractivity (Wildman–Crippen MR) is 48.2 cm³/mol. The minimum absolute atomic E-state index is 0. The van der Waals surface area contributed by atoms with Gasteiger partial charge in [-0.25, -0.2) is 4.99 Å². The molecule has 0 bridgehead atoms. The van der Waals surface area contributed by atoms with Crippen molar-refractivity contribution in [3.63, 3.8) is 0 Å². The summed E-state index contributed by atoms with van der Waals surface area (Å²) < 4.78 is 0. The average molecular weight is 140 g/mol. The fourth-order valence-electron chi connectivity index (χ4n) is 0.554. The first-order chi connectivity index (χ1) is 4.70. The summed E-state index contributed by atoms with van der Waals surface area (Å²) in [5, 5.41) is 3.09. The highest BCUT2D eigenvalue weighted by Gasteiger charge is 1.92. The molecule has 0 aromatic rings. The Bertz CT molecular complexity index is 150. The van der Waals surface area contributed by atoms with Gasteiger partial charge in [0.2, 0.25) is 0 Å². The largest absolute Gasteiger partial charge is 0.368 e. The molecule has 0 aromatic carbocycles. The Morgan fingerprint density at radius 3 is 2.60 bits per heavy atom. The van der Waals surface area contributed by atoms with E-state index >= 15 is 0 Å². The molecule has 0 aliphatic rings. The maximum absolute atomic E-state index is 3.75. The van der Waals surface area contributed by atoms with Gasteiger partial charge in [0.15, 0.2) is 0 Å². The monoisotopic (exact) mass is 140 g/mol. The van der Waals surface area contributed by atoms with Crippen molar-refractivity contribution in [3.05, 3.63) is 24.6 Å². The van der Waals surface area contributed by atoms with E-state index in [0.29, 0.717) is 6.04 Å². The fourth-order valence-corrected chi connectivity index (χ4v) is 0.554. The first-order valence-corrected chi connectivity index (χ1v) is 3.26. The molecular formula is C8H16N2. The molecule has 0 fully saturated rings. The molecule has 0 saturated carbocycles. The topological polar surface area (TPSA) is 24.4 Å². The Hall–Kier alpha value is -1.05.